The van der Waals surface area contributed by atoms with Crippen LogP contribution in [-0.2, 0) is 4.79 Å². The lowest BCUT2D eigenvalue weighted by Crippen LogP contribution is -2.22. The number of rotatable bonds is 3. The van der Waals surface area contributed by atoms with Crippen LogP contribution in [0.15, 0.2) is 29.4 Å². The van der Waals surface area contributed by atoms with Gasteiger partial charge in [-0.05, 0) is 41.9 Å². The van der Waals surface area contributed by atoms with E-state index in [1.807, 2.05) is 0 Å². The van der Waals surface area contributed by atoms with E-state index < -0.39 is 0 Å². The molecule has 3 nitrogen and oxygen atoms in total. The average molecular weight is 274 g/mol. The zero-order chi connectivity index (χ0) is 14.2. The fourth-order valence-corrected chi connectivity index (χ4v) is 3.64. The minimum Gasteiger partial charge on any atom is -0.273 e. The van der Waals surface area contributed by atoms with Crippen molar-refractivity contribution in [3.8, 4) is 0 Å². The summed E-state index contributed by atoms with van der Waals surface area (Å²) in [5, 5.41) is 3.97. The number of hydrogen-bond acceptors (Lipinski definition) is 2. The Morgan fingerprint density at radius 2 is 2.15 bits per heavy atom. The Kier molecular flexibility index (Phi) is 3.32. The Bertz CT molecular complexity index is 540. The molecule has 3 rings (SSSR count). The topological polar surface area (TPSA) is 41.5 Å². The molecule has 0 spiro atoms. The van der Waals surface area contributed by atoms with Crippen LogP contribution in [0.2, 0.25) is 0 Å². The molecule has 0 bridgehead atoms. The van der Waals surface area contributed by atoms with E-state index in [2.05, 4.69) is 17.5 Å². The van der Waals surface area contributed by atoms with Crippen LogP contribution in [-0.4, -0.2) is 12.1 Å². The molecule has 20 heavy (non-hydrogen) atoms. The molecule has 0 heterocycles. The Hall–Kier alpha value is -1.71. The summed E-state index contributed by atoms with van der Waals surface area (Å²) >= 11 is 0. The zero-order valence-electron chi connectivity index (χ0n) is 11.6. The molecule has 3 atom stereocenters. The second kappa shape index (κ2) is 5.00. The van der Waals surface area contributed by atoms with E-state index in [1.54, 1.807) is 18.3 Å². The smallest absolute Gasteiger partial charge is 0.244 e. The van der Waals surface area contributed by atoms with E-state index in [9.17, 15) is 9.18 Å². The standard InChI is InChI=1S/C16H19FN2O/c1-16-9-3-2-4-13(16)14(16)15(20)19-18-10-11-5-7-12(17)8-6-11/h5-8,10,13-14H,2-4,9H2,1H3,(H,19,20)/t13-,14+,16+/m1/s1. The minimum absolute atomic E-state index is 0.0257. The molecule has 1 amide bonds. The van der Waals surface area contributed by atoms with E-state index in [0.717, 1.165) is 18.4 Å². The molecule has 106 valence electrons. The highest BCUT2D eigenvalue weighted by Gasteiger charge is 2.64. The molecule has 0 radical (unpaired) electrons. The molecule has 0 aromatic heterocycles. The maximum absolute atomic E-state index is 12.7. The van der Waals surface area contributed by atoms with Crippen molar-refractivity contribution in [2.45, 2.75) is 32.6 Å². The number of hydrogen-bond donors (Lipinski definition) is 1. The first kappa shape index (κ1) is 13.3. The highest BCUT2D eigenvalue weighted by molar-refractivity contribution is 5.85. The van der Waals surface area contributed by atoms with Gasteiger partial charge in [0.05, 0.1) is 6.21 Å². The fraction of sp³-hybridized carbons (Fsp3) is 0.500. The predicted octanol–water partition coefficient (Wildman–Crippen LogP) is 3.10. The van der Waals surface area contributed by atoms with E-state index in [0.29, 0.717) is 5.92 Å². The summed E-state index contributed by atoms with van der Waals surface area (Å²) in [6, 6.07) is 6.01. The van der Waals surface area contributed by atoms with Crippen molar-refractivity contribution in [1.29, 1.82) is 0 Å². The maximum Gasteiger partial charge on any atom is 0.244 e. The molecular weight excluding hydrogens is 255 g/mol. The quantitative estimate of drug-likeness (QED) is 0.668. The van der Waals surface area contributed by atoms with Crippen molar-refractivity contribution in [1.82, 2.24) is 5.43 Å². The van der Waals surface area contributed by atoms with Gasteiger partial charge in [-0.1, -0.05) is 31.9 Å². The van der Waals surface area contributed by atoms with Crippen LogP contribution in [0.4, 0.5) is 4.39 Å². The molecule has 2 aliphatic carbocycles. The Labute approximate surface area is 118 Å². The number of benzene rings is 1. The van der Waals surface area contributed by atoms with Gasteiger partial charge >= 0.3 is 0 Å². The van der Waals surface area contributed by atoms with Crippen LogP contribution >= 0.6 is 0 Å². The highest BCUT2D eigenvalue weighted by atomic mass is 19.1. The molecule has 1 aromatic carbocycles. The largest absolute Gasteiger partial charge is 0.273 e. The number of carbonyl (C=O) groups excluding carboxylic acids is 1. The first-order valence-corrected chi connectivity index (χ1v) is 7.20. The van der Waals surface area contributed by atoms with Gasteiger partial charge in [-0.2, -0.15) is 5.10 Å². The van der Waals surface area contributed by atoms with Gasteiger partial charge in [0.15, 0.2) is 0 Å². The number of fused-ring (bicyclic) bond motifs is 1. The first-order valence-electron chi connectivity index (χ1n) is 7.20. The van der Waals surface area contributed by atoms with E-state index in [4.69, 9.17) is 0 Å². The van der Waals surface area contributed by atoms with Crippen molar-refractivity contribution < 1.29 is 9.18 Å². The van der Waals surface area contributed by atoms with Crippen LogP contribution in [0.3, 0.4) is 0 Å². The Balaban J connectivity index is 1.56. The third-order valence-corrected chi connectivity index (χ3v) is 4.87. The third-order valence-electron chi connectivity index (χ3n) is 4.87. The van der Waals surface area contributed by atoms with Gasteiger partial charge in [0, 0.05) is 5.92 Å². The molecule has 2 fully saturated rings. The summed E-state index contributed by atoms with van der Waals surface area (Å²) in [4.78, 5) is 12.1. The van der Waals surface area contributed by atoms with Gasteiger partial charge in [0.2, 0.25) is 5.91 Å². The molecule has 0 unspecified atom stereocenters. The van der Waals surface area contributed by atoms with Gasteiger partial charge in [-0.15, -0.1) is 0 Å². The normalized spacial score (nSPS) is 31.9. The summed E-state index contributed by atoms with van der Waals surface area (Å²) < 4.78 is 12.7. The number of hydrazone groups is 1. The van der Waals surface area contributed by atoms with Crippen LogP contribution < -0.4 is 5.43 Å². The maximum atomic E-state index is 12.7. The van der Waals surface area contributed by atoms with Gasteiger partial charge in [0.25, 0.3) is 0 Å². The lowest BCUT2D eigenvalue weighted by Gasteiger charge is -2.15. The number of nitrogens with zero attached hydrogens (tertiary/aromatic N) is 1. The van der Waals surface area contributed by atoms with Crippen molar-refractivity contribution in [2.75, 3.05) is 0 Å². The van der Waals surface area contributed by atoms with Gasteiger partial charge in [0.1, 0.15) is 5.82 Å². The molecule has 1 aromatic rings. The third kappa shape index (κ3) is 2.35. The summed E-state index contributed by atoms with van der Waals surface area (Å²) in [6.07, 6.45) is 6.33. The van der Waals surface area contributed by atoms with Gasteiger partial charge in [-0.3, -0.25) is 4.79 Å². The van der Waals surface area contributed by atoms with Crippen molar-refractivity contribution in [2.24, 2.45) is 22.4 Å². The highest BCUT2D eigenvalue weighted by Crippen LogP contribution is 2.66. The van der Waals surface area contributed by atoms with Crippen LogP contribution in [0.1, 0.15) is 38.2 Å². The van der Waals surface area contributed by atoms with Crippen LogP contribution in [0.25, 0.3) is 0 Å². The molecular formula is C16H19FN2O. The first-order chi connectivity index (χ1) is 9.61. The Morgan fingerprint density at radius 1 is 1.40 bits per heavy atom. The molecule has 2 aliphatic rings. The number of nitrogens with one attached hydrogen (secondary N) is 1. The Morgan fingerprint density at radius 3 is 2.80 bits per heavy atom. The lowest BCUT2D eigenvalue weighted by molar-refractivity contribution is -0.123. The van der Waals surface area contributed by atoms with E-state index >= 15 is 0 Å². The average Bonchev–Trinajstić information content (AvgIpc) is 3.06. The number of amides is 1. The van der Waals surface area contributed by atoms with Crippen LogP contribution in [0.5, 0.6) is 0 Å². The SMILES string of the molecule is C[C@]12CCCC[C@@H]1[C@H]2C(=O)NN=Cc1ccc(F)cc1. The second-order valence-electron chi connectivity index (χ2n) is 6.12. The summed E-state index contributed by atoms with van der Waals surface area (Å²) in [6.45, 7) is 2.21. The predicted molar refractivity (Wildman–Crippen MR) is 75.7 cm³/mol. The monoisotopic (exact) mass is 274 g/mol. The zero-order valence-corrected chi connectivity index (χ0v) is 11.6. The summed E-state index contributed by atoms with van der Waals surface area (Å²) in [5.41, 5.74) is 3.60. The van der Waals surface area contributed by atoms with Gasteiger partial charge in [-0.25, -0.2) is 9.82 Å². The lowest BCUT2D eigenvalue weighted by atomic mass is 9.90. The molecule has 0 saturated heterocycles. The molecule has 1 N–H and O–H groups in total. The number of carbonyl (C=O) groups is 1. The molecule has 0 aliphatic heterocycles. The minimum atomic E-state index is -0.277. The van der Waals surface area contributed by atoms with Crippen molar-refractivity contribution in [3.63, 3.8) is 0 Å². The molecule has 4 heteroatoms. The summed E-state index contributed by atoms with van der Waals surface area (Å²) in [5.74, 6) is 0.409. The molecule has 2 saturated carbocycles. The van der Waals surface area contributed by atoms with Crippen molar-refractivity contribution in [3.05, 3.63) is 35.6 Å². The van der Waals surface area contributed by atoms with E-state index in [1.165, 1.54) is 25.0 Å². The summed E-state index contributed by atoms with van der Waals surface area (Å²) in [7, 11) is 0. The number of halogens is 1. The van der Waals surface area contributed by atoms with Gasteiger partial charge < -0.3 is 0 Å². The van der Waals surface area contributed by atoms with Crippen molar-refractivity contribution >= 4 is 12.1 Å². The van der Waals surface area contributed by atoms with Crippen LogP contribution in [0, 0.1) is 23.1 Å². The van der Waals surface area contributed by atoms with E-state index in [-0.39, 0.29) is 23.1 Å². The fourth-order valence-electron chi connectivity index (χ4n) is 3.64. The second-order valence-corrected chi connectivity index (χ2v) is 6.12.